The van der Waals surface area contributed by atoms with Crippen LogP contribution in [0, 0.1) is 5.92 Å². The zero-order valence-corrected chi connectivity index (χ0v) is 12.7. The van der Waals surface area contributed by atoms with Gasteiger partial charge in [-0.25, -0.2) is 0 Å². The van der Waals surface area contributed by atoms with Crippen LogP contribution in [0.5, 0.6) is 0 Å². The van der Waals surface area contributed by atoms with Crippen LogP contribution in [0.3, 0.4) is 0 Å². The molecule has 0 spiro atoms. The molecule has 1 heterocycles. The van der Waals surface area contributed by atoms with Gasteiger partial charge in [0, 0.05) is 29.7 Å². The van der Waals surface area contributed by atoms with Gasteiger partial charge in [0.25, 0.3) is 5.91 Å². The molecule has 0 saturated carbocycles. The molecule has 1 saturated heterocycles. The van der Waals surface area contributed by atoms with Crippen LogP contribution in [0.25, 0.3) is 0 Å². The van der Waals surface area contributed by atoms with E-state index >= 15 is 0 Å². The number of hydrogen-bond acceptors (Lipinski definition) is 3. The molecule has 1 aromatic carbocycles. The second-order valence-electron chi connectivity index (χ2n) is 4.75. The fourth-order valence-electron chi connectivity index (χ4n) is 2.12. The highest BCUT2D eigenvalue weighted by Crippen LogP contribution is 2.11. The molecule has 5 nitrogen and oxygen atoms in total. The van der Waals surface area contributed by atoms with E-state index in [1.54, 1.807) is 12.1 Å². The van der Waals surface area contributed by atoms with Gasteiger partial charge in [0.15, 0.2) is 0 Å². The standard InChI is InChI=1S/C14H18BrN3O2/c15-12-3-1-2-10(8-12)13(19)17-6-7-18-14(20)11-4-5-16-9-11/h1-3,8,11,16H,4-7,9H2,(H,17,19)(H,18,20). The number of amides is 2. The summed E-state index contributed by atoms with van der Waals surface area (Å²) in [6.07, 6.45) is 0.885. The van der Waals surface area contributed by atoms with E-state index in [2.05, 4.69) is 31.9 Å². The van der Waals surface area contributed by atoms with Crippen molar-refractivity contribution in [3.05, 3.63) is 34.3 Å². The number of carbonyl (C=O) groups excluding carboxylic acids is 2. The van der Waals surface area contributed by atoms with Crippen LogP contribution in [0.15, 0.2) is 28.7 Å². The maximum absolute atomic E-state index is 11.8. The monoisotopic (exact) mass is 339 g/mol. The van der Waals surface area contributed by atoms with Gasteiger partial charge in [-0.3, -0.25) is 9.59 Å². The highest BCUT2D eigenvalue weighted by molar-refractivity contribution is 9.10. The maximum Gasteiger partial charge on any atom is 0.251 e. The zero-order valence-electron chi connectivity index (χ0n) is 11.1. The zero-order chi connectivity index (χ0) is 14.4. The lowest BCUT2D eigenvalue weighted by molar-refractivity contribution is -0.124. The Bertz CT molecular complexity index is 487. The summed E-state index contributed by atoms with van der Waals surface area (Å²) < 4.78 is 0.868. The first-order valence-electron chi connectivity index (χ1n) is 6.69. The molecule has 2 rings (SSSR count). The van der Waals surface area contributed by atoms with Crippen molar-refractivity contribution in [2.24, 2.45) is 5.92 Å². The van der Waals surface area contributed by atoms with Gasteiger partial charge in [-0.1, -0.05) is 22.0 Å². The van der Waals surface area contributed by atoms with Crippen molar-refractivity contribution in [3.63, 3.8) is 0 Å². The number of rotatable bonds is 5. The summed E-state index contributed by atoms with van der Waals surface area (Å²) in [6.45, 7) is 2.53. The molecule has 0 aromatic heterocycles. The Balaban J connectivity index is 1.68. The molecule has 6 heteroatoms. The molecule has 1 atom stereocenters. The minimum absolute atomic E-state index is 0.0618. The smallest absolute Gasteiger partial charge is 0.251 e. The predicted octanol–water partition coefficient (Wildman–Crippen LogP) is 0.905. The highest BCUT2D eigenvalue weighted by atomic mass is 79.9. The van der Waals surface area contributed by atoms with E-state index < -0.39 is 0 Å². The van der Waals surface area contributed by atoms with Crippen LogP contribution < -0.4 is 16.0 Å². The fraction of sp³-hybridized carbons (Fsp3) is 0.429. The summed E-state index contributed by atoms with van der Waals surface area (Å²) in [4.78, 5) is 23.6. The summed E-state index contributed by atoms with van der Waals surface area (Å²) in [5.41, 5.74) is 0.602. The van der Waals surface area contributed by atoms with Gasteiger partial charge in [0.2, 0.25) is 5.91 Å². The molecule has 0 radical (unpaired) electrons. The van der Waals surface area contributed by atoms with Crippen molar-refractivity contribution in [3.8, 4) is 0 Å². The molecule has 0 aliphatic carbocycles. The topological polar surface area (TPSA) is 70.2 Å². The highest BCUT2D eigenvalue weighted by Gasteiger charge is 2.21. The van der Waals surface area contributed by atoms with E-state index in [0.29, 0.717) is 18.7 Å². The average molecular weight is 340 g/mol. The van der Waals surface area contributed by atoms with Crippen molar-refractivity contribution in [1.82, 2.24) is 16.0 Å². The van der Waals surface area contributed by atoms with Crippen LogP contribution in [0.2, 0.25) is 0 Å². The van der Waals surface area contributed by atoms with Crippen LogP contribution in [0.4, 0.5) is 0 Å². The van der Waals surface area contributed by atoms with Crippen LogP contribution in [-0.2, 0) is 4.79 Å². The second kappa shape index (κ2) is 7.40. The quantitative estimate of drug-likeness (QED) is 0.698. The van der Waals surface area contributed by atoms with Crippen LogP contribution in [0.1, 0.15) is 16.8 Å². The number of benzene rings is 1. The molecule has 1 unspecified atom stereocenters. The summed E-state index contributed by atoms with van der Waals surface area (Å²) in [7, 11) is 0. The van der Waals surface area contributed by atoms with Crippen molar-refractivity contribution in [1.29, 1.82) is 0 Å². The molecule has 0 bridgehead atoms. The Morgan fingerprint density at radius 2 is 2.10 bits per heavy atom. The summed E-state index contributed by atoms with van der Waals surface area (Å²) in [6, 6.07) is 7.20. The molecular weight excluding hydrogens is 322 g/mol. The third-order valence-electron chi connectivity index (χ3n) is 3.23. The number of nitrogens with one attached hydrogen (secondary N) is 3. The number of halogens is 1. The first-order valence-corrected chi connectivity index (χ1v) is 7.48. The average Bonchev–Trinajstić information content (AvgIpc) is 2.97. The van der Waals surface area contributed by atoms with E-state index in [1.807, 2.05) is 12.1 Å². The Labute approximate surface area is 126 Å². The van der Waals surface area contributed by atoms with Crippen LogP contribution in [-0.4, -0.2) is 38.0 Å². The molecule has 108 valence electrons. The lowest BCUT2D eigenvalue weighted by Crippen LogP contribution is -2.38. The third-order valence-corrected chi connectivity index (χ3v) is 3.72. The van der Waals surface area contributed by atoms with E-state index in [4.69, 9.17) is 0 Å². The Kier molecular flexibility index (Phi) is 5.55. The normalized spacial score (nSPS) is 17.8. The van der Waals surface area contributed by atoms with Crippen molar-refractivity contribution in [2.75, 3.05) is 26.2 Å². The lowest BCUT2D eigenvalue weighted by atomic mass is 10.1. The maximum atomic E-state index is 11.8. The van der Waals surface area contributed by atoms with E-state index in [-0.39, 0.29) is 17.7 Å². The lowest BCUT2D eigenvalue weighted by Gasteiger charge is -2.10. The fourth-order valence-corrected chi connectivity index (χ4v) is 2.52. The minimum atomic E-state index is -0.136. The molecule has 20 heavy (non-hydrogen) atoms. The Morgan fingerprint density at radius 3 is 2.80 bits per heavy atom. The predicted molar refractivity (Wildman–Crippen MR) is 80.5 cm³/mol. The van der Waals surface area contributed by atoms with Crippen molar-refractivity contribution < 1.29 is 9.59 Å². The Morgan fingerprint density at radius 1 is 1.30 bits per heavy atom. The van der Waals surface area contributed by atoms with Gasteiger partial charge in [-0.05, 0) is 31.2 Å². The molecule has 3 N–H and O–H groups in total. The molecule has 1 aliphatic heterocycles. The van der Waals surface area contributed by atoms with E-state index in [9.17, 15) is 9.59 Å². The summed E-state index contributed by atoms with van der Waals surface area (Å²) >= 11 is 3.33. The van der Waals surface area contributed by atoms with Gasteiger partial charge >= 0.3 is 0 Å². The van der Waals surface area contributed by atoms with Crippen molar-refractivity contribution in [2.45, 2.75) is 6.42 Å². The van der Waals surface area contributed by atoms with Gasteiger partial charge < -0.3 is 16.0 Å². The number of hydrogen-bond donors (Lipinski definition) is 3. The van der Waals surface area contributed by atoms with Crippen LogP contribution >= 0.6 is 15.9 Å². The molecule has 1 fully saturated rings. The van der Waals surface area contributed by atoms with Gasteiger partial charge in [-0.15, -0.1) is 0 Å². The van der Waals surface area contributed by atoms with Gasteiger partial charge in [0.1, 0.15) is 0 Å². The Hall–Kier alpha value is -1.40. The van der Waals surface area contributed by atoms with E-state index in [1.165, 1.54) is 0 Å². The number of carbonyl (C=O) groups is 2. The third kappa shape index (κ3) is 4.31. The molecular formula is C14H18BrN3O2. The largest absolute Gasteiger partial charge is 0.354 e. The van der Waals surface area contributed by atoms with E-state index in [0.717, 1.165) is 24.0 Å². The van der Waals surface area contributed by atoms with Crippen molar-refractivity contribution >= 4 is 27.7 Å². The summed E-state index contributed by atoms with van der Waals surface area (Å²) in [5.74, 6) is -0.00873. The first-order chi connectivity index (χ1) is 9.66. The molecule has 1 aromatic rings. The molecule has 2 amide bonds. The van der Waals surface area contributed by atoms with Gasteiger partial charge in [-0.2, -0.15) is 0 Å². The minimum Gasteiger partial charge on any atom is -0.354 e. The molecule has 1 aliphatic rings. The SMILES string of the molecule is O=C(NCCNC(=O)C1CCNC1)c1cccc(Br)c1. The first kappa shape index (κ1) is 15.0. The summed E-state index contributed by atoms with van der Waals surface area (Å²) in [5, 5.41) is 8.78. The second-order valence-corrected chi connectivity index (χ2v) is 5.66. The van der Waals surface area contributed by atoms with Gasteiger partial charge in [0.05, 0.1) is 5.92 Å².